The van der Waals surface area contributed by atoms with Crippen molar-refractivity contribution in [1.29, 1.82) is 0 Å². The molecule has 2 N–H and O–H groups in total. The van der Waals surface area contributed by atoms with Gasteiger partial charge in [0.15, 0.2) is 11.6 Å². The van der Waals surface area contributed by atoms with E-state index in [2.05, 4.69) is 4.98 Å². The van der Waals surface area contributed by atoms with Crippen LogP contribution in [0.3, 0.4) is 0 Å². The van der Waals surface area contributed by atoms with Crippen LogP contribution in [0.15, 0.2) is 18.5 Å². The number of halogens is 1. The van der Waals surface area contributed by atoms with Gasteiger partial charge in [0.2, 0.25) is 0 Å². The van der Waals surface area contributed by atoms with E-state index in [4.69, 9.17) is 5.73 Å². The summed E-state index contributed by atoms with van der Waals surface area (Å²) in [5.74, 6) is -1.06. The smallest absolute Gasteiger partial charge is 0.185 e. The molecule has 13 heavy (non-hydrogen) atoms. The fourth-order valence-corrected chi connectivity index (χ4v) is 0.906. The van der Waals surface area contributed by atoms with E-state index in [0.29, 0.717) is 0 Å². The van der Waals surface area contributed by atoms with Gasteiger partial charge in [0.25, 0.3) is 0 Å². The summed E-state index contributed by atoms with van der Waals surface area (Å²) >= 11 is 0. The van der Waals surface area contributed by atoms with Gasteiger partial charge in [0.1, 0.15) is 0 Å². The highest BCUT2D eigenvalue weighted by atomic mass is 19.1. The van der Waals surface area contributed by atoms with Crippen LogP contribution in [-0.2, 0) is 0 Å². The van der Waals surface area contributed by atoms with E-state index >= 15 is 0 Å². The van der Waals surface area contributed by atoms with Crippen molar-refractivity contribution in [1.82, 2.24) is 4.98 Å². The zero-order valence-corrected chi connectivity index (χ0v) is 7.54. The highest BCUT2D eigenvalue weighted by molar-refractivity contribution is 6.02. The third-order valence-electron chi connectivity index (χ3n) is 1.60. The molecule has 0 unspecified atom stereocenters. The SMILES string of the molecule is CC(C)(N)C(=O)c1ccncc1F. The van der Waals surface area contributed by atoms with E-state index in [1.54, 1.807) is 0 Å². The zero-order chi connectivity index (χ0) is 10.1. The summed E-state index contributed by atoms with van der Waals surface area (Å²) in [6, 6.07) is 1.33. The maximum Gasteiger partial charge on any atom is 0.185 e. The van der Waals surface area contributed by atoms with Crippen LogP contribution < -0.4 is 5.73 Å². The first-order valence-corrected chi connectivity index (χ1v) is 3.86. The Labute approximate surface area is 75.8 Å². The summed E-state index contributed by atoms with van der Waals surface area (Å²) in [5, 5.41) is 0. The Balaban J connectivity index is 3.10. The molecule has 0 amide bonds. The lowest BCUT2D eigenvalue weighted by molar-refractivity contribution is 0.0909. The van der Waals surface area contributed by atoms with E-state index < -0.39 is 17.1 Å². The summed E-state index contributed by atoms with van der Waals surface area (Å²) in [4.78, 5) is 15.0. The Kier molecular flexibility index (Phi) is 2.43. The van der Waals surface area contributed by atoms with Gasteiger partial charge in [-0.3, -0.25) is 9.78 Å². The average molecular weight is 182 g/mol. The number of rotatable bonds is 2. The van der Waals surface area contributed by atoms with E-state index in [1.165, 1.54) is 26.1 Å². The minimum Gasteiger partial charge on any atom is -0.319 e. The van der Waals surface area contributed by atoms with Gasteiger partial charge in [-0.2, -0.15) is 0 Å². The molecular weight excluding hydrogens is 171 g/mol. The van der Waals surface area contributed by atoms with E-state index in [1.807, 2.05) is 0 Å². The van der Waals surface area contributed by atoms with E-state index in [9.17, 15) is 9.18 Å². The van der Waals surface area contributed by atoms with Gasteiger partial charge in [0, 0.05) is 6.20 Å². The Morgan fingerprint density at radius 2 is 2.23 bits per heavy atom. The third-order valence-corrected chi connectivity index (χ3v) is 1.60. The first-order chi connectivity index (χ1) is 5.93. The maximum atomic E-state index is 13.0. The molecule has 0 aliphatic heterocycles. The van der Waals surface area contributed by atoms with Gasteiger partial charge in [-0.1, -0.05) is 0 Å². The summed E-state index contributed by atoms with van der Waals surface area (Å²) < 4.78 is 13.0. The maximum absolute atomic E-state index is 13.0. The highest BCUT2D eigenvalue weighted by Gasteiger charge is 2.25. The molecular formula is C9H11FN2O. The van der Waals surface area contributed by atoms with Crippen molar-refractivity contribution in [3.8, 4) is 0 Å². The molecule has 0 aliphatic carbocycles. The molecule has 0 spiro atoms. The second kappa shape index (κ2) is 3.22. The summed E-state index contributed by atoms with van der Waals surface area (Å²) in [7, 11) is 0. The number of ketones is 1. The normalized spacial score (nSPS) is 11.4. The number of nitrogens with two attached hydrogens (primary N) is 1. The lowest BCUT2D eigenvalue weighted by atomic mass is 9.95. The lowest BCUT2D eigenvalue weighted by Gasteiger charge is -2.16. The molecule has 70 valence electrons. The third kappa shape index (κ3) is 2.09. The number of hydrogen-bond donors (Lipinski definition) is 1. The monoisotopic (exact) mass is 182 g/mol. The first-order valence-electron chi connectivity index (χ1n) is 3.86. The van der Waals surface area contributed by atoms with Crippen molar-refractivity contribution in [3.05, 3.63) is 29.8 Å². The number of carbonyl (C=O) groups excluding carboxylic acids is 1. The summed E-state index contributed by atoms with van der Waals surface area (Å²) in [5.41, 5.74) is 4.48. The second-order valence-corrected chi connectivity index (χ2v) is 3.41. The molecule has 0 saturated carbocycles. The Morgan fingerprint density at radius 1 is 1.62 bits per heavy atom. The van der Waals surface area contributed by atoms with E-state index in [-0.39, 0.29) is 5.56 Å². The van der Waals surface area contributed by atoms with Gasteiger partial charge in [-0.15, -0.1) is 0 Å². The molecule has 0 atom stereocenters. The standard InChI is InChI=1S/C9H11FN2O/c1-9(2,11)8(13)6-3-4-12-5-7(6)10/h3-5H,11H2,1-2H3. The van der Waals surface area contributed by atoms with Crippen molar-refractivity contribution in [2.45, 2.75) is 19.4 Å². The minimum absolute atomic E-state index is 0.0116. The number of nitrogens with zero attached hydrogens (tertiary/aromatic N) is 1. The lowest BCUT2D eigenvalue weighted by Crippen LogP contribution is -2.41. The molecule has 0 radical (unpaired) electrons. The van der Waals surface area contributed by atoms with Gasteiger partial charge >= 0.3 is 0 Å². The van der Waals surface area contributed by atoms with Gasteiger partial charge < -0.3 is 5.73 Å². The van der Waals surface area contributed by atoms with Crippen LogP contribution in [-0.4, -0.2) is 16.3 Å². The summed E-state index contributed by atoms with van der Waals surface area (Å²) in [6.07, 6.45) is 2.36. The van der Waals surface area contributed by atoms with Crippen LogP contribution in [0, 0.1) is 5.82 Å². The van der Waals surface area contributed by atoms with Crippen LogP contribution in [0.25, 0.3) is 0 Å². The number of hydrogen-bond acceptors (Lipinski definition) is 3. The van der Waals surface area contributed by atoms with Gasteiger partial charge in [-0.05, 0) is 19.9 Å². The zero-order valence-electron chi connectivity index (χ0n) is 7.54. The predicted octanol–water partition coefficient (Wildman–Crippen LogP) is 1.14. The Morgan fingerprint density at radius 3 is 2.69 bits per heavy atom. The number of aromatic nitrogens is 1. The topological polar surface area (TPSA) is 56.0 Å². The largest absolute Gasteiger partial charge is 0.319 e. The van der Waals surface area contributed by atoms with Crippen molar-refractivity contribution < 1.29 is 9.18 Å². The number of pyridine rings is 1. The van der Waals surface area contributed by atoms with Crippen LogP contribution >= 0.6 is 0 Å². The van der Waals surface area contributed by atoms with E-state index in [0.717, 1.165) is 6.20 Å². The van der Waals surface area contributed by atoms with Crippen molar-refractivity contribution in [2.24, 2.45) is 5.73 Å². The molecule has 3 nitrogen and oxygen atoms in total. The quantitative estimate of drug-likeness (QED) is 0.698. The molecule has 4 heteroatoms. The Hall–Kier alpha value is -1.29. The molecule has 0 fully saturated rings. The van der Waals surface area contributed by atoms with Crippen molar-refractivity contribution >= 4 is 5.78 Å². The van der Waals surface area contributed by atoms with Gasteiger partial charge in [-0.25, -0.2) is 4.39 Å². The fraction of sp³-hybridized carbons (Fsp3) is 0.333. The number of carbonyl (C=O) groups is 1. The molecule has 0 aliphatic rings. The molecule has 0 saturated heterocycles. The fourth-order valence-electron chi connectivity index (χ4n) is 0.906. The molecule has 1 aromatic rings. The number of Topliss-reactive ketones (excluding diaryl/α,β-unsaturated/α-hetero) is 1. The highest BCUT2D eigenvalue weighted by Crippen LogP contribution is 2.12. The minimum atomic E-state index is -1.05. The van der Waals surface area contributed by atoms with Crippen molar-refractivity contribution in [2.75, 3.05) is 0 Å². The van der Waals surface area contributed by atoms with Crippen LogP contribution in [0.1, 0.15) is 24.2 Å². The summed E-state index contributed by atoms with van der Waals surface area (Å²) in [6.45, 7) is 3.07. The van der Waals surface area contributed by atoms with Crippen LogP contribution in [0.5, 0.6) is 0 Å². The van der Waals surface area contributed by atoms with Crippen LogP contribution in [0.2, 0.25) is 0 Å². The second-order valence-electron chi connectivity index (χ2n) is 3.41. The molecule has 0 aromatic carbocycles. The van der Waals surface area contributed by atoms with Crippen molar-refractivity contribution in [3.63, 3.8) is 0 Å². The predicted molar refractivity (Wildman–Crippen MR) is 46.8 cm³/mol. The average Bonchev–Trinajstić information content (AvgIpc) is 2.02. The molecule has 0 bridgehead atoms. The van der Waals surface area contributed by atoms with Gasteiger partial charge in [0.05, 0.1) is 17.3 Å². The Bertz CT molecular complexity index is 331. The molecule has 1 aromatic heterocycles. The molecule has 1 rings (SSSR count). The molecule has 1 heterocycles. The van der Waals surface area contributed by atoms with Crippen LogP contribution in [0.4, 0.5) is 4.39 Å². The first kappa shape index (κ1) is 9.80.